The lowest BCUT2D eigenvalue weighted by Gasteiger charge is -2.20. The van der Waals surface area contributed by atoms with Crippen molar-refractivity contribution in [3.8, 4) is 11.4 Å². The molecule has 5 nitrogen and oxygen atoms in total. The van der Waals surface area contributed by atoms with Crippen molar-refractivity contribution in [3.05, 3.63) is 77.5 Å². The van der Waals surface area contributed by atoms with Gasteiger partial charge in [-0.05, 0) is 12.5 Å². The Balaban J connectivity index is 1.98. The molecule has 0 saturated heterocycles. The van der Waals surface area contributed by atoms with E-state index < -0.39 is 5.97 Å². The minimum absolute atomic E-state index is 0.0919. The van der Waals surface area contributed by atoms with E-state index in [1.54, 1.807) is 0 Å². The lowest BCUT2D eigenvalue weighted by Crippen LogP contribution is -2.21. The number of hydrogen-bond donors (Lipinski definition) is 1. The number of aromatic carboxylic acids is 1. The highest BCUT2D eigenvalue weighted by Crippen LogP contribution is 2.23. The van der Waals surface area contributed by atoms with Crippen molar-refractivity contribution in [1.82, 2.24) is 9.97 Å². The normalized spacial score (nSPS) is 10.5. The van der Waals surface area contributed by atoms with Gasteiger partial charge in [-0.3, -0.25) is 0 Å². The number of rotatable bonds is 5. The SMILES string of the molecule is Cc1ccc(-c2ncc(C(=O)O)c(N(C)Cc3ccccc3)n2)cc1. The van der Waals surface area contributed by atoms with Gasteiger partial charge in [0, 0.05) is 25.4 Å². The lowest BCUT2D eigenvalue weighted by atomic mass is 10.1. The molecule has 1 heterocycles. The van der Waals surface area contributed by atoms with Gasteiger partial charge in [0.1, 0.15) is 11.4 Å². The van der Waals surface area contributed by atoms with Gasteiger partial charge >= 0.3 is 5.97 Å². The number of benzene rings is 2. The van der Waals surface area contributed by atoms with E-state index in [9.17, 15) is 9.90 Å². The van der Waals surface area contributed by atoms with Crippen LogP contribution in [0.4, 0.5) is 5.82 Å². The van der Waals surface area contributed by atoms with Crippen molar-refractivity contribution in [1.29, 1.82) is 0 Å². The van der Waals surface area contributed by atoms with Crippen LogP contribution in [0.3, 0.4) is 0 Å². The van der Waals surface area contributed by atoms with Crippen LogP contribution in [0.1, 0.15) is 21.5 Å². The Labute approximate surface area is 146 Å². The maximum absolute atomic E-state index is 11.6. The number of carboxylic acids is 1. The van der Waals surface area contributed by atoms with Crippen molar-refractivity contribution < 1.29 is 9.90 Å². The zero-order valence-corrected chi connectivity index (χ0v) is 14.2. The Morgan fingerprint density at radius 1 is 1.08 bits per heavy atom. The first-order chi connectivity index (χ1) is 12.0. The molecule has 0 aliphatic rings. The summed E-state index contributed by atoms with van der Waals surface area (Å²) in [4.78, 5) is 22.2. The van der Waals surface area contributed by atoms with Crippen molar-refractivity contribution >= 4 is 11.8 Å². The van der Waals surface area contributed by atoms with Crippen LogP contribution in [0.5, 0.6) is 0 Å². The van der Waals surface area contributed by atoms with E-state index in [1.807, 2.05) is 73.5 Å². The molecule has 0 saturated carbocycles. The molecule has 0 bridgehead atoms. The van der Waals surface area contributed by atoms with Crippen LogP contribution >= 0.6 is 0 Å². The molecule has 0 spiro atoms. The third-order valence-electron chi connectivity index (χ3n) is 3.93. The molecule has 1 aromatic heterocycles. The van der Waals surface area contributed by atoms with E-state index in [1.165, 1.54) is 6.20 Å². The number of aromatic nitrogens is 2. The third kappa shape index (κ3) is 3.83. The zero-order chi connectivity index (χ0) is 17.8. The Hall–Kier alpha value is -3.21. The van der Waals surface area contributed by atoms with Gasteiger partial charge in [0.25, 0.3) is 0 Å². The first kappa shape index (κ1) is 16.6. The summed E-state index contributed by atoms with van der Waals surface area (Å²) in [6.07, 6.45) is 1.38. The van der Waals surface area contributed by atoms with E-state index in [-0.39, 0.29) is 5.56 Å². The highest BCUT2D eigenvalue weighted by Gasteiger charge is 2.18. The standard InChI is InChI=1S/C20H19N3O2/c1-14-8-10-16(11-9-14)18-21-12-17(20(24)25)19(22-18)23(2)13-15-6-4-3-5-7-15/h3-12H,13H2,1-2H3,(H,24,25). The van der Waals surface area contributed by atoms with E-state index in [0.29, 0.717) is 18.2 Å². The van der Waals surface area contributed by atoms with Crippen molar-refractivity contribution in [2.75, 3.05) is 11.9 Å². The molecule has 0 aliphatic heterocycles. The van der Waals surface area contributed by atoms with Gasteiger partial charge < -0.3 is 10.0 Å². The average Bonchev–Trinajstić information content (AvgIpc) is 2.62. The van der Waals surface area contributed by atoms with Gasteiger partial charge in [0.15, 0.2) is 5.82 Å². The minimum atomic E-state index is -1.04. The van der Waals surface area contributed by atoms with Crippen LogP contribution in [0, 0.1) is 6.92 Å². The molecule has 0 atom stereocenters. The van der Waals surface area contributed by atoms with Crippen molar-refractivity contribution in [2.45, 2.75) is 13.5 Å². The molecule has 0 amide bonds. The van der Waals surface area contributed by atoms with E-state index in [0.717, 1.165) is 16.7 Å². The monoisotopic (exact) mass is 333 g/mol. The summed E-state index contributed by atoms with van der Waals surface area (Å²) < 4.78 is 0. The quantitative estimate of drug-likeness (QED) is 0.769. The smallest absolute Gasteiger partial charge is 0.341 e. The topological polar surface area (TPSA) is 66.3 Å². The maximum Gasteiger partial charge on any atom is 0.341 e. The Morgan fingerprint density at radius 2 is 1.76 bits per heavy atom. The second-order valence-electron chi connectivity index (χ2n) is 5.94. The van der Waals surface area contributed by atoms with Crippen LogP contribution in [0.2, 0.25) is 0 Å². The van der Waals surface area contributed by atoms with Crippen molar-refractivity contribution in [3.63, 3.8) is 0 Å². The Bertz CT molecular complexity index is 877. The number of carboxylic acid groups (broad SMARTS) is 1. The van der Waals surface area contributed by atoms with Gasteiger partial charge in [-0.15, -0.1) is 0 Å². The van der Waals surface area contributed by atoms with Gasteiger partial charge in [0.05, 0.1) is 0 Å². The molecule has 3 aromatic rings. The first-order valence-corrected chi connectivity index (χ1v) is 7.97. The molecular formula is C20H19N3O2. The lowest BCUT2D eigenvalue weighted by molar-refractivity contribution is 0.0696. The van der Waals surface area contributed by atoms with Crippen LogP contribution in [-0.2, 0) is 6.54 Å². The van der Waals surface area contributed by atoms with Crippen LogP contribution in [0.25, 0.3) is 11.4 Å². The van der Waals surface area contributed by atoms with Crippen molar-refractivity contribution in [2.24, 2.45) is 0 Å². The van der Waals surface area contributed by atoms with Crippen LogP contribution < -0.4 is 4.90 Å². The Kier molecular flexibility index (Phi) is 4.75. The summed E-state index contributed by atoms with van der Waals surface area (Å²) in [6, 6.07) is 17.7. The molecule has 0 unspecified atom stereocenters. The second kappa shape index (κ2) is 7.13. The second-order valence-corrected chi connectivity index (χ2v) is 5.94. The molecule has 5 heteroatoms. The highest BCUT2D eigenvalue weighted by molar-refractivity contribution is 5.93. The number of anilines is 1. The predicted molar refractivity (Wildman–Crippen MR) is 97.7 cm³/mol. The summed E-state index contributed by atoms with van der Waals surface area (Å²) >= 11 is 0. The zero-order valence-electron chi connectivity index (χ0n) is 14.2. The molecule has 2 aromatic carbocycles. The summed E-state index contributed by atoms with van der Waals surface area (Å²) in [5, 5.41) is 9.47. The molecule has 0 aliphatic carbocycles. The molecular weight excluding hydrogens is 314 g/mol. The fourth-order valence-corrected chi connectivity index (χ4v) is 2.59. The summed E-state index contributed by atoms with van der Waals surface area (Å²) in [5.74, 6) is -0.118. The first-order valence-electron chi connectivity index (χ1n) is 7.97. The average molecular weight is 333 g/mol. The molecule has 3 rings (SSSR count). The van der Waals surface area contributed by atoms with E-state index in [2.05, 4.69) is 9.97 Å². The third-order valence-corrected chi connectivity index (χ3v) is 3.93. The predicted octanol–water partition coefficient (Wildman–Crippen LogP) is 3.79. The fraction of sp³-hybridized carbons (Fsp3) is 0.150. The van der Waals surface area contributed by atoms with E-state index in [4.69, 9.17) is 0 Å². The Morgan fingerprint density at radius 3 is 2.40 bits per heavy atom. The van der Waals surface area contributed by atoms with Crippen LogP contribution in [-0.4, -0.2) is 28.1 Å². The molecule has 25 heavy (non-hydrogen) atoms. The molecule has 1 N–H and O–H groups in total. The highest BCUT2D eigenvalue weighted by atomic mass is 16.4. The molecule has 0 radical (unpaired) electrons. The van der Waals surface area contributed by atoms with Gasteiger partial charge in [0.2, 0.25) is 0 Å². The number of carbonyl (C=O) groups is 1. The number of aryl methyl sites for hydroxylation is 1. The van der Waals surface area contributed by atoms with Gasteiger partial charge in [-0.2, -0.15) is 0 Å². The van der Waals surface area contributed by atoms with E-state index >= 15 is 0 Å². The number of nitrogens with zero attached hydrogens (tertiary/aromatic N) is 3. The summed E-state index contributed by atoms with van der Waals surface area (Å²) in [7, 11) is 1.83. The summed E-state index contributed by atoms with van der Waals surface area (Å²) in [5.41, 5.74) is 3.18. The fourth-order valence-electron chi connectivity index (χ4n) is 2.59. The summed E-state index contributed by atoms with van der Waals surface area (Å²) in [6.45, 7) is 2.57. The van der Waals surface area contributed by atoms with Gasteiger partial charge in [-0.25, -0.2) is 14.8 Å². The molecule has 0 fully saturated rings. The largest absolute Gasteiger partial charge is 0.477 e. The molecule has 126 valence electrons. The van der Waals surface area contributed by atoms with Crippen LogP contribution in [0.15, 0.2) is 60.8 Å². The minimum Gasteiger partial charge on any atom is -0.477 e. The van der Waals surface area contributed by atoms with Gasteiger partial charge in [-0.1, -0.05) is 60.2 Å². The maximum atomic E-state index is 11.6. The number of hydrogen-bond acceptors (Lipinski definition) is 4.